The van der Waals surface area contributed by atoms with Gasteiger partial charge in [0.05, 0.1) is 12.2 Å². The van der Waals surface area contributed by atoms with E-state index in [0.29, 0.717) is 30.1 Å². The summed E-state index contributed by atoms with van der Waals surface area (Å²) in [4.78, 5) is 0. The van der Waals surface area contributed by atoms with Gasteiger partial charge in [-0.15, -0.1) is 0 Å². The Morgan fingerprint density at radius 2 is 2.20 bits per heavy atom. The normalized spacial score (nSPS) is 29.9. The fraction of sp³-hybridized carbons (Fsp3) is 0.625. The average Bonchev–Trinajstić information content (AvgIpc) is 3.03. The van der Waals surface area contributed by atoms with E-state index in [2.05, 4.69) is 12.2 Å². The summed E-state index contributed by atoms with van der Waals surface area (Å²) in [7, 11) is 0. The van der Waals surface area contributed by atoms with Crippen molar-refractivity contribution in [3.63, 3.8) is 0 Å². The number of fused-ring (bicyclic) bond motifs is 2. The standard InChI is InChI=1S/C16H21F2NO/c1-2-19-15(13-9-12-5-6-16(13)20-12)7-10-3-4-11(17)8-14(10)18/h3-4,8,12-13,15-16,19H,2,5-7,9H2,1H3. The molecule has 1 aromatic rings. The first-order chi connectivity index (χ1) is 9.67. The number of hydrogen-bond donors (Lipinski definition) is 1. The third-order valence-corrected chi connectivity index (χ3v) is 4.59. The Kier molecular flexibility index (Phi) is 4.03. The third kappa shape index (κ3) is 2.72. The first kappa shape index (κ1) is 14.0. The van der Waals surface area contributed by atoms with Crippen molar-refractivity contribution in [2.75, 3.05) is 6.54 Å². The van der Waals surface area contributed by atoms with E-state index in [0.717, 1.165) is 31.9 Å². The van der Waals surface area contributed by atoms with Crippen LogP contribution in [-0.4, -0.2) is 24.8 Å². The quantitative estimate of drug-likeness (QED) is 0.895. The fourth-order valence-corrected chi connectivity index (χ4v) is 3.66. The van der Waals surface area contributed by atoms with Gasteiger partial charge in [0.15, 0.2) is 0 Å². The van der Waals surface area contributed by atoms with Crippen molar-refractivity contribution in [3.05, 3.63) is 35.4 Å². The maximum Gasteiger partial charge on any atom is 0.129 e. The molecule has 0 amide bonds. The molecule has 110 valence electrons. The minimum atomic E-state index is -0.519. The second-order valence-corrected chi connectivity index (χ2v) is 5.88. The zero-order valence-corrected chi connectivity index (χ0v) is 11.7. The number of rotatable bonds is 5. The summed E-state index contributed by atoms with van der Waals surface area (Å²) in [5, 5.41) is 3.46. The van der Waals surface area contributed by atoms with E-state index in [9.17, 15) is 8.78 Å². The van der Waals surface area contributed by atoms with Gasteiger partial charge in [0.1, 0.15) is 11.6 Å². The predicted molar refractivity (Wildman–Crippen MR) is 73.5 cm³/mol. The largest absolute Gasteiger partial charge is 0.375 e. The third-order valence-electron chi connectivity index (χ3n) is 4.59. The van der Waals surface area contributed by atoms with Gasteiger partial charge in [0.25, 0.3) is 0 Å². The molecule has 3 rings (SSSR count). The van der Waals surface area contributed by atoms with Gasteiger partial charge in [0, 0.05) is 18.0 Å². The molecule has 2 fully saturated rings. The SMILES string of the molecule is CCNC(Cc1ccc(F)cc1F)C1CC2CCC1O2. The molecule has 2 bridgehead atoms. The topological polar surface area (TPSA) is 21.3 Å². The lowest BCUT2D eigenvalue weighted by Gasteiger charge is -2.29. The summed E-state index contributed by atoms with van der Waals surface area (Å²) in [6.07, 6.45) is 4.63. The van der Waals surface area contributed by atoms with E-state index in [4.69, 9.17) is 4.74 Å². The lowest BCUT2D eigenvalue weighted by molar-refractivity contribution is 0.0858. The molecule has 0 radical (unpaired) electrons. The highest BCUT2D eigenvalue weighted by Gasteiger charge is 2.44. The van der Waals surface area contributed by atoms with Crippen LogP contribution in [0.2, 0.25) is 0 Å². The molecule has 2 nitrogen and oxygen atoms in total. The van der Waals surface area contributed by atoms with Crippen LogP contribution in [-0.2, 0) is 11.2 Å². The van der Waals surface area contributed by atoms with Gasteiger partial charge >= 0.3 is 0 Å². The lowest BCUT2D eigenvalue weighted by atomic mass is 9.81. The fourth-order valence-electron chi connectivity index (χ4n) is 3.66. The maximum absolute atomic E-state index is 13.8. The molecule has 0 spiro atoms. The second kappa shape index (κ2) is 5.78. The van der Waals surface area contributed by atoms with Crippen molar-refractivity contribution in [1.82, 2.24) is 5.32 Å². The Balaban J connectivity index is 1.74. The van der Waals surface area contributed by atoms with Gasteiger partial charge in [-0.3, -0.25) is 0 Å². The van der Waals surface area contributed by atoms with Gasteiger partial charge in [-0.1, -0.05) is 13.0 Å². The van der Waals surface area contributed by atoms with Crippen molar-refractivity contribution in [2.24, 2.45) is 5.92 Å². The number of benzene rings is 1. The van der Waals surface area contributed by atoms with E-state index < -0.39 is 11.6 Å². The van der Waals surface area contributed by atoms with Crippen molar-refractivity contribution in [3.8, 4) is 0 Å². The van der Waals surface area contributed by atoms with Crippen LogP contribution in [0.1, 0.15) is 31.7 Å². The summed E-state index contributed by atoms with van der Waals surface area (Å²) < 4.78 is 32.7. The Morgan fingerprint density at radius 3 is 2.80 bits per heavy atom. The van der Waals surface area contributed by atoms with Crippen LogP contribution in [0.5, 0.6) is 0 Å². The zero-order valence-electron chi connectivity index (χ0n) is 11.7. The predicted octanol–water partition coefficient (Wildman–Crippen LogP) is 3.05. The van der Waals surface area contributed by atoms with E-state index in [1.54, 1.807) is 6.07 Å². The molecule has 2 aliphatic rings. The number of likely N-dealkylation sites (N-methyl/N-ethyl adjacent to an activating group) is 1. The van der Waals surface area contributed by atoms with Crippen molar-refractivity contribution >= 4 is 0 Å². The van der Waals surface area contributed by atoms with Gasteiger partial charge in [0.2, 0.25) is 0 Å². The monoisotopic (exact) mass is 281 g/mol. The molecule has 4 atom stereocenters. The number of ether oxygens (including phenoxy) is 1. The van der Waals surface area contributed by atoms with E-state index in [1.165, 1.54) is 6.07 Å². The molecule has 4 heteroatoms. The molecule has 1 aromatic carbocycles. The van der Waals surface area contributed by atoms with Crippen LogP contribution in [0.25, 0.3) is 0 Å². The highest BCUT2D eigenvalue weighted by Crippen LogP contribution is 2.41. The van der Waals surface area contributed by atoms with Gasteiger partial charge in [-0.2, -0.15) is 0 Å². The van der Waals surface area contributed by atoms with E-state index in [1.807, 2.05) is 0 Å². The molecule has 2 saturated heterocycles. The van der Waals surface area contributed by atoms with Gasteiger partial charge in [-0.25, -0.2) is 8.78 Å². The van der Waals surface area contributed by atoms with Crippen LogP contribution in [0, 0.1) is 17.6 Å². The summed E-state index contributed by atoms with van der Waals surface area (Å²) in [6, 6.07) is 4.06. The number of nitrogens with one attached hydrogen (secondary N) is 1. The summed E-state index contributed by atoms with van der Waals surface area (Å²) in [6.45, 7) is 2.91. The summed E-state index contributed by atoms with van der Waals surface area (Å²) in [5.41, 5.74) is 0.583. The smallest absolute Gasteiger partial charge is 0.129 e. The number of hydrogen-bond acceptors (Lipinski definition) is 2. The lowest BCUT2D eigenvalue weighted by Crippen LogP contribution is -2.42. The molecule has 0 aromatic heterocycles. The zero-order chi connectivity index (χ0) is 14.1. The first-order valence-electron chi connectivity index (χ1n) is 7.50. The summed E-state index contributed by atoms with van der Waals surface area (Å²) >= 11 is 0. The molecule has 0 saturated carbocycles. The molecular formula is C16H21F2NO. The van der Waals surface area contributed by atoms with Crippen molar-refractivity contribution in [2.45, 2.75) is 50.9 Å². The minimum absolute atomic E-state index is 0.204. The average molecular weight is 281 g/mol. The Hall–Kier alpha value is -1.00. The Morgan fingerprint density at radius 1 is 1.35 bits per heavy atom. The van der Waals surface area contributed by atoms with Crippen LogP contribution in [0.15, 0.2) is 18.2 Å². The Labute approximate surface area is 118 Å². The highest BCUT2D eigenvalue weighted by atomic mass is 19.1. The molecule has 4 unspecified atom stereocenters. The molecular weight excluding hydrogens is 260 g/mol. The second-order valence-electron chi connectivity index (χ2n) is 5.88. The summed E-state index contributed by atoms with van der Waals surface area (Å²) in [5.74, 6) is -0.523. The Bertz CT molecular complexity index is 480. The molecule has 2 aliphatic heterocycles. The number of halogens is 2. The first-order valence-corrected chi connectivity index (χ1v) is 7.50. The highest BCUT2D eigenvalue weighted by molar-refractivity contribution is 5.20. The van der Waals surface area contributed by atoms with Crippen molar-refractivity contribution in [1.29, 1.82) is 0 Å². The van der Waals surface area contributed by atoms with Crippen LogP contribution in [0.4, 0.5) is 8.78 Å². The molecule has 20 heavy (non-hydrogen) atoms. The molecule has 1 N–H and O–H groups in total. The molecule has 2 heterocycles. The minimum Gasteiger partial charge on any atom is -0.375 e. The molecule has 0 aliphatic carbocycles. The van der Waals surface area contributed by atoms with Gasteiger partial charge in [-0.05, 0) is 43.9 Å². The van der Waals surface area contributed by atoms with E-state index >= 15 is 0 Å². The van der Waals surface area contributed by atoms with Crippen LogP contribution >= 0.6 is 0 Å². The van der Waals surface area contributed by atoms with Crippen LogP contribution < -0.4 is 5.32 Å². The van der Waals surface area contributed by atoms with Crippen LogP contribution in [0.3, 0.4) is 0 Å². The van der Waals surface area contributed by atoms with E-state index in [-0.39, 0.29) is 6.04 Å². The maximum atomic E-state index is 13.8. The van der Waals surface area contributed by atoms with Gasteiger partial charge < -0.3 is 10.1 Å². The van der Waals surface area contributed by atoms with Crippen molar-refractivity contribution < 1.29 is 13.5 Å².